The second-order valence-corrected chi connectivity index (χ2v) is 10.5. The van der Waals surface area contributed by atoms with Gasteiger partial charge in [0.15, 0.2) is 6.61 Å². The number of aryl methyl sites for hydroxylation is 1. The normalized spacial score (nSPS) is 11.7. The van der Waals surface area contributed by atoms with Gasteiger partial charge in [-0.05, 0) is 64.0 Å². The molecule has 0 aliphatic carbocycles. The number of hydrogen-bond acceptors (Lipinski definition) is 3. The maximum Gasteiger partial charge on any atom is 0.261 e. The van der Waals surface area contributed by atoms with Crippen LogP contribution < -0.4 is 10.1 Å². The van der Waals surface area contributed by atoms with E-state index in [1.54, 1.807) is 4.90 Å². The molecule has 0 heterocycles. The van der Waals surface area contributed by atoms with Gasteiger partial charge in [0.25, 0.3) is 5.91 Å². The summed E-state index contributed by atoms with van der Waals surface area (Å²) in [5, 5.41) is 3.00. The molecule has 0 radical (unpaired) electrons. The van der Waals surface area contributed by atoms with Crippen LogP contribution in [0.2, 0.25) is 0 Å². The summed E-state index contributed by atoms with van der Waals surface area (Å²) in [5.41, 5.74) is 4.28. The number of halogens is 1. The highest BCUT2D eigenvalue weighted by molar-refractivity contribution is 9.10. The predicted octanol–water partition coefficient (Wildman–Crippen LogP) is 6.43. The molecule has 0 saturated heterocycles. The Morgan fingerprint density at radius 1 is 0.973 bits per heavy atom. The predicted molar refractivity (Wildman–Crippen MR) is 153 cm³/mol. The Kier molecular flexibility index (Phi) is 10.8. The van der Waals surface area contributed by atoms with Crippen molar-refractivity contribution in [3.05, 3.63) is 99.5 Å². The highest BCUT2D eigenvalue weighted by Gasteiger charge is 2.30. The van der Waals surface area contributed by atoms with E-state index in [1.165, 1.54) is 5.56 Å². The van der Waals surface area contributed by atoms with Gasteiger partial charge in [-0.25, -0.2) is 0 Å². The zero-order valence-electron chi connectivity index (χ0n) is 22.2. The fourth-order valence-corrected chi connectivity index (χ4v) is 4.54. The molecule has 1 N–H and O–H groups in total. The van der Waals surface area contributed by atoms with Crippen molar-refractivity contribution in [3.63, 3.8) is 0 Å². The molecular weight excluding hydrogens is 528 g/mol. The van der Waals surface area contributed by atoms with Crippen LogP contribution in [0.15, 0.2) is 77.3 Å². The second kappa shape index (κ2) is 14.0. The Morgan fingerprint density at radius 3 is 2.30 bits per heavy atom. The SMILES string of the molecule is CCCNC(=O)[C@H](Cc1ccccc1)N(Cc1ccc(C)cc1)C(=O)COc1ccc(C(C)C)cc1Br. The molecule has 0 spiro atoms. The van der Waals surface area contributed by atoms with Gasteiger partial charge in [0.2, 0.25) is 5.91 Å². The zero-order valence-corrected chi connectivity index (χ0v) is 23.8. The van der Waals surface area contributed by atoms with Gasteiger partial charge >= 0.3 is 0 Å². The minimum Gasteiger partial charge on any atom is -0.483 e. The molecule has 3 rings (SSSR count). The third-order valence-electron chi connectivity index (χ3n) is 6.27. The van der Waals surface area contributed by atoms with Crippen molar-refractivity contribution in [2.24, 2.45) is 0 Å². The van der Waals surface area contributed by atoms with Crippen molar-refractivity contribution in [2.45, 2.75) is 59.0 Å². The average molecular weight is 566 g/mol. The van der Waals surface area contributed by atoms with Gasteiger partial charge in [-0.15, -0.1) is 0 Å². The Bertz CT molecular complexity index is 1160. The van der Waals surface area contributed by atoms with Crippen molar-refractivity contribution in [1.82, 2.24) is 10.2 Å². The lowest BCUT2D eigenvalue weighted by atomic mass is 10.0. The summed E-state index contributed by atoms with van der Waals surface area (Å²) >= 11 is 3.57. The van der Waals surface area contributed by atoms with E-state index in [-0.39, 0.29) is 18.4 Å². The van der Waals surface area contributed by atoms with Crippen LogP contribution in [0.3, 0.4) is 0 Å². The molecular formula is C31H37BrN2O3. The lowest BCUT2D eigenvalue weighted by Gasteiger charge is -2.31. The number of hydrogen-bond donors (Lipinski definition) is 1. The largest absolute Gasteiger partial charge is 0.483 e. The molecule has 2 amide bonds. The van der Waals surface area contributed by atoms with E-state index in [0.29, 0.717) is 31.2 Å². The molecule has 1 atom stereocenters. The zero-order chi connectivity index (χ0) is 26.8. The number of nitrogens with one attached hydrogen (secondary N) is 1. The summed E-state index contributed by atoms with van der Waals surface area (Å²) in [6.07, 6.45) is 1.24. The number of ether oxygens (including phenoxy) is 1. The molecule has 3 aromatic carbocycles. The first-order valence-electron chi connectivity index (χ1n) is 12.9. The van der Waals surface area contributed by atoms with Crippen LogP contribution >= 0.6 is 15.9 Å². The minimum atomic E-state index is -0.668. The first kappa shape index (κ1) is 28.5. The molecule has 0 aliphatic heterocycles. The van der Waals surface area contributed by atoms with Crippen LogP contribution in [0, 0.1) is 6.92 Å². The topological polar surface area (TPSA) is 58.6 Å². The highest BCUT2D eigenvalue weighted by atomic mass is 79.9. The quantitative estimate of drug-likeness (QED) is 0.276. The summed E-state index contributed by atoms with van der Waals surface area (Å²) in [6, 6.07) is 23.1. The lowest BCUT2D eigenvalue weighted by molar-refractivity contribution is -0.142. The molecule has 196 valence electrons. The van der Waals surface area contributed by atoms with Gasteiger partial charge < -0.3 is 15.0 Å². The summed E-state index contributed by atoms with van der Waals surface area (Å²) in [5.74, 6) is 0.585. The molecule has 0 aliphatic rings. The van der Waals surface area contributed by atoms with E-state index in [2.05, 4.69) is 35.1 Å². The van der Waals surface area contributed by atoms with Crippen molar-refractivity contribution in [1.29, 1.82) is 0 Å². The van der Waals surface area contributed by atoms with E-state index >= 15 is 0 Å². The van der Waals surface area contributed by atoms with Crippen LogP contribution in [0.1, 0.15) is 55.4 Å². The van der Waals surface area contributed by atoms with Crippen LogP contribution in [0.4, 0.5) is 0 Å². The molecule has 37 heavy (non-hydrogen) atoms. The van der Waals surface area contributed by atoms with Crippen molar-refractivity contribution >= 4 is 27.7 Å². The lowest BCUT2D eigenvalue weighted by Crippen LogP contribution is -2.51. The summed E-state index contributed by atoms with van der Waals surface area (Å²) < 4.78 is 6.77. The number of nitrogens with zero attached hydrogens (tertiary/aromatic N) is 1. The first-order valence-corrected chi connectivity index (χ1v) is 13.7. The molecule has 0 unspecified atom stereocenters. The van der Waals surface area contributed by atoms with Crippen molar-refractivity contribution in [2.75, 3.05) is 13.2 Å². The van der Waals surface area contributed by atoms with Gasteiger partial charge in [-0.1, -0.05) is 87.0 Å². The van der Waals surface area contributed by atoms with Crippen molar-refractivity contribution in [3.8, 4) is 5.75 Å². The van der Waals surface area contributed by atoms with Gasteiger partial charge in [0, 0.05) is 19.5 Å². The molecule has 0 saturated carbocycles. The van der Waals surface area contributed by atoms with Crippen molar-refractivity contribution < 1.29 is 14.3 Å². The fraction of sp³-hybridized carbons (Fsp3) is 0.355. The third kappa shape index (κ3) is 8.46. The van der Waals surface area contributed by atoms with Gasteiger partial charge in [0.05, 0.1) is 4.47 Å². The monoisotopic (exact) mass is 564 g/mol. The summed E-state index contributed by atoms with van der Waals surface area (Å²) in [6.45, 7) is 9.00. The molecule has 0 fully saturated rings. The maximum atomic E-state index is 13.7. The van der Waals surface area contributed by atoms with Crippen LogP contribution in [-0.4, -0.2) is 35.9 Å². The number of carbonyl (C=O) groups is 2. The summed E-state index contributed by atoms with van der Waals surface area (Å²) in [4.78, 5) is 28.7. The number of carbonyl (C=O) groups excluding carboxylic acids is 2. The van der Waals surface area contributed by atoms with Gasteiger partial charge in [-0.3, -0.25) is 9.59 Å². The maximum absolute atomic E-state index is 13.7. The number of rotatable bonds is 12. The molecule has 6 heteroatoms. The minimum absolute atomic E-state index is 0.159. The first-order chi connectivity index (χ1) is 17.8. The van der Waals surface area contributed by atoms with E-state index < -0.39 is 6.04 Å². The smallest absolute Gasteiger partial charge is 0.261 e. The second-order valence-electron chi connectivity index (χ2n) is 9.64. The third-order valence-corrected chi connectivity index (χ3v) is 6.89. The Morgan fingerprint density at radius 2 is 1.68 bits per heavy atom. The Balaban J connectivity index is 1.88. The van der Waals surface area contributed by atoms with Gasteiger partial charge in [0.1, 0.15) is 11.8 Å². The van der Waals surface area contributed by atoms with Crippen LogP contribution in [0.25, 0.3) is 0 Å². The molecule has 3 aromatic rings. The highest BCUT2D eigenvalue weighted by Crippen LogP contribution is 2.29. The number of amides is 2. The fourth-order valence-electron chi connectivity index (χ4n) is 4.03. The standard InChI is InChI=1S/C31H37BrN2O3/c1-5-17-33-31(36)28(18-24-9-7-6-8-10-24)34(20-25-13-11-23(4)12-14-25)30(35)21-37-29-16-15-26(22(2)3)19-27(29)32/h6-16,19,22,28H,5,17-18,20-21H2,1-4H3,(H,33,36)/t28-/m0/s1. The molecule has 5 nitrogen and oxygen atoms in total. The Hall–Kier alpha value is -3.12. The van der Waals surface area contributed by atoms with E-state index in [1.807, 2.05) is 86.6 Å². The summed E-state index contributed by atoms with van der Waals surface area (Å²) in [7, 11) is 0. The number of benzene rings is 3. The van der Waals surface area contributed by atoms with Crippen LogP contribution in [-0.2, 0) is 22.6 Å². The van der Waals surface area contributed by atoms with Crippen LogP contribution in [0.5, 0.6) is 5.75 Å². The van der Waals surface area contributed by atoms with E-state index in [0.717, 1.165) is 27.6 Å². The van der Waals surface area contributed by atoms with E-state index in [9.17, 15) is 9.59 Å². The Labute approximate surface area is 229 Å². The van der Waals surface area contributed by atoms with E-state index in [4.69, 9.17) is 4.74 Å². The van der Waals surface area contributed by atoms with Gasteiger partial charge in [-0.2, -0.15) is 0 Å². The molecule has 0 aromatic heterocycles. The molecule has 0 bridgehead atoms. The average Bonchev–Trinajstić information content (AvgIpc) is 2.90.